The zero-order valence-electron chi connectivity index (χ0n) is 15.9. The molecule has 1 atom stereocenters. The third-order valence-corrected chi connectivity index (χ3v) is 6.54. The largest absolute Gasteiger partial charge is 0.325 e. The van der Waals surface area contributed by atoms with Gasteiger partial charge < -0.3 is 9.80 Å². The Kier molecular flexibility index (Phi) is 3.31. The summed E-state index contributed by atoms with van der Waals surface area (Å²) in [6.07, 6.45) is 0.942. The van der Waals surface area contributed by atoms with Crippen molar-refractivity contribution in [3.8, 4) is 0 Å². The molecule has 5 heteroatoms. The first-order valence-corrected chi connectivity index (χ1v) is 10.1. The predicted molar refractivity (Wildman–Crippen MR) is 116 cm³/mol. The molecule has 6 rings (SSSR count). The Labute approximate surface area is 174 Å². The van der Waals surface area contributed by atoms with Crippen LogP contribution in [0.2, 0.25) is 5.02 Å². The van der Waals surface area contributed by atoms with E-state index in [1.54, 1.807) is 4.90 Å². The number of carbonyl (C=O) groups excluding carboxylic acids is 1. The van der Waals surface area contributed by atoms with Crippen molar-refractivity contribution < 1.29 is 4.79 Å². The standard InChI is InChI=1S/C24H18ClN3O/c1-27-20-8-3-2-6-18(20)24(23(27)29)19-7-4-5-15-13-14-28(21(15)19)22(26-24)16-9-11-17(25)12-10-16/h2-12H,13-14H2,1H3. The van der Waals surface area contributed by atoms with E-state index >= 15 is 0 Å². The van der Waals surface area contributed by atoms with Crippen molar-refractivity contribution in [3.05, 3.63) is 94.0 Å². The van der Waals surface area contributed by atoms with Crippen LogP contribution in [0.15, 0.2) is 71.7 Å². The van der Waals surface area contributed by atoms with Gasteiger partial charge in [0.05, 0.1) is 5.69 Å². The maximum absolute atomic E-state index is 13.8. The van der Waals surface area contributed by atoms with Crippen LogP contribution in [0, 0.1) is 0 Å². The molecule has 3 aromatic carbocycles. The topological polar surface area (TPSA) is 35.9 Å². The molecule has 0 bridgehead atoms. The summed E-state index contributed by atoms with van der Waals surface area (Å²) in [5.74, 6) is 0.822. The van der Waals surface area contributed by atoms with E-state index < -0.39 is 5.54 Å². The van der Waals surface area contributed by atoms with Crippen molar-refractivity contribution >= 4 is 34.7 Å². The summed E-state index contributed by atoms with van der Waals surface area (Å²) in [5, 5.41) is 0.685. The average molecular weight is 400 g/mol. The lowest BCUT2D eigenvalue weighted by Gasteiger charge is -2.37. The molecule has 1 unspecified atom stereocenters. The summed E-state index contributed by atoms with van der Waals surface area (Å²) in [6, 6.07) is 22.0. The highest BCUT2D eigenvalue weighted by atomic mass is 35.5. The molecule has 3 aliphatic heterocycles. The normalized spacial score (nSPS) is 21.4. The summed E-state index contributed by atoms with van der Waals surface area (Å²) in [6.45, 7) is 0.857. The first kappa shape index (κ1) is 16.8. The van der Waals surface area contributed by atoms with E-state index in [4.69, 9.17) is 16.6 Å². The molecule has 1 amide bonds. The van der Waals surface area contributed by atoms with Crippen LogP contribution in [0.3, 0.4) is 0 Å². The van der Waals surface area contributed by atoms with Gasteiger partial charge in [-0.25, -0.2) is 4.99 Å². The maximum atomic E-state index is 13.8. The fourth-order valence-corrected chi connectivity index (χ4v) is 5.09. The number of hydrogen-bond donors (Lipinski definition) is 0. The lowest BCUT2D eigenvalue weighted by atomic mass is 9.81. The number of carbonyl (C=O) groups is 1. The Balaban J connectivity index is 1.71. The molecular formula is C24H18ClN3O. The molecule has 1 spiro atoms. The lowest BCUT2D eigenvalue weighted by Crippen LogP contribution is -2.46. The second-order valence-electron chi connectivity index (χ2n) is 7.75. The van der Waals surface area contributed by atoms with Gasteiger partial charge in [0.2, 0.25) is 0 Å². The summed E-state index contributed by atoms with van der Waals surface area (Å²) in [5.41, 5.74) is 5.16. The van der Waals surface area contributed by atoms with Crippen LogP contribution in [0.25, 0.3) is 0 Å². The Morgan fingerprint density at radius 2 is 1.72 bits per heavy atom. The summed E-state index contributed by atoms with van der Waals surface area (Å²) >= 11 is 6.13. The fourth-order valence-electron chi connectivity index (χ4n) is 4.97. The Bertz CT molecular complexity index is 1220. The summed E-state index contributed by atoms with van der Waals surface area (Å²) < 4.78 is 0. The quantitative estimate of drug-likeness (QED) is 0.608. The molecule has 3 aromatic rings. The van der Waals surface area contributed by atoms with Crippen LogP contribution in [-0.4, -0.2) is 25.3 Å². The van der Waals surface area contributed by atoms with Gasteiger partial charge in [-0.3, -0.25) is 4.79 Å². The maximum Gasteiger partial charge on any atom is 0.264 e. The number of rotatable bonds is 1. The molecule has 0 N–H and O–H groups in total. The second kappa shape index (κ2) is 5.71. The van der Waals surface area contributed by atoms with E-state index in [-0.39, 0.29) is 5.91 Å². The molecule has 29 heavy (non-hydrogen) atoms. The molecule has 0 aliphatic carbocycles. The van der Waals surface area contributed by atoms with Gasteiger partial charge in [-0.05, 0) is 42.3 Å². The predicted octanol–water partition coefficient (Wildman–Crippen LogP) is 4.38. The molecule has 0 aromatic heterocycles. The van der Waals surface area contributed by atoms with Gasteiger partial charge in [-0.2, -0.15) is 0 Å². The minimum atomic E-state index is -1.05. The van der Waals surface area contributed by atoms with Gasteiger partial charge in [0.1, 0.15) is 5.84 Å². The SMILES string of the molecule is CN1C(=O)C2(N=C(c3ccc(Cl)cc3)N3CCc4cccc2c43)c2ccccc21. The molecule has 4 nitrogen and oxygen atoms in total. The summed E-state index contributed by atoms with van der Waals surface area (Å²) in [4.78, 5) is 23.0. The Hall–Kier alpha value is -3.11. The van der Waals surface area contributed by atoms with Gasteiger partial charge in [0.25, 0.3) is 5.91 Å². The number of anilines is 2. The van der Waals surface area contributed by atoms with Crippen LogP contribution in [0.1, 0.15) is 22.3 Å². The van der Waals surface area contributed by atoms with Crippen molar-refractivity contribution in [1.82, 2.24) is 0 Å². The molecule has 0 radical (unpaired) electrons. The number of hydrogen-bond acceptors (Lipinski definition) is 3. The zero-order valence-corrected chi connectivity index (χ0v) is 16.6. The van der Waals surface area contributed by atoms with Gasteiger partial charge >= 0.3 is 0 Å². The smallest absolute Gasteiger partial charge is 0.264 e. The Morgan fingerprint density at radius 3 is 2.55 bits per heavy atom. The van der Waals surface area contributed by atoms with Crippen LogP contribution >= 0.6 is 11.6 Å². The number of nitrogens with zero attached hydrogens (tertiary/aromatic N) is 3. The Morgan fingerprint density at radius 1 is 0.966 bits per heavy atom. The first-order valence-electron chi connectivity index (χ1n) is 9.74. The van der Waals surface area contributed by atoms with Crippen molar-refractivity contribution in [3.63, 3.8) is 0 Å². The van der Waals surface area contributed by atoms with Gasteiger partial charge in [-0.15, -0.1) is 0 Å². The van der Waals surface area contributed by atoms with Crippen molar-refractivity contribution in [1.29, 1.82) is 0 Å². The molecule has 142 valence electrons. The number of fused-ring (bicyclic) bond motifs is 3. The van der Waals surface area contributed by atoms with Crippen LogP contribution < -0.4 is 9.80 Å². The molecule has 0 fully saturated rings. The molecular weight excluding hydrogens is 382 g/mol. The second-order valence-corrected chi connectivity index (χ2v) is 8.19. The number of amidine groups is 1. The molecule has 0 saturated carbocycles. The fraction of sp³-hybridized carbons (Fsp3) is 0.167. The highest BCUT2D eigenvalue weighted by Gasteiger charge is 2.56. The van der Waals surface area contributed by atoms with E-state index in [0.29, 0.717) is 5.02 Å². The van der Waals surface area contributed by atoms with E-state index in [1.165, 1.54) is 5.56 Å². The van der Waals surface area contributed by atoms with Crippen LogP contribution in [0.4, 0.5) is 11.4 Å². The van der Waals surface area contributed by atoms with E-state index in [9.17, 15) is 4.79 Å². The zero-order chi connectivity index (χ0) is 19.8. The minimum Gasteiger partial charge on any atom is -0.325 e. The number of benzene rings is 3. The average Bonchev–Trinajstić information content (AvgIpc) is 3.27. The molecule has 0 saturated heterocycles. The van der Waals surface area contributed by atoms with E-state index in [0.717, 1.165) is 46.9 Å². The number of likely N-dealkylation sites (N-methyl/N-ethyl adjacent to an activating group) is 1. The van der Waals surface area contributed by atoms with Gasteiger partial charge in [0.15, 0.2) is 5.54 Å². The van der Waals surface area contributed by atoms with Crippen molar-refractivity contribution in [2.45, 2.75) is 12.0 Å². The van der Waals surface area contributed by atoms with Crippen molar-refractivity contribution in [2.75, 3.05) is 23.4 Å². The van der Waals surface area contributed by atoms with Crippen molar-refractivity contribution in [2.24, 2.45) is 4.99 Å². The van der Waals surface area contributed by atoms with Gasteiger partial charge in [0, 0.05) is 41.0 Å². The van der Waals surface area contributed by atoms with E-state index in [1.807, 2.05) is 55.6 Å². The third-order valence-electron chi connectivity index (χ3n) is 6.29. The lowest BCUT2D eigenvalue weighted by molar-refractivity contribution is -0.121. The first-order chi connectivity index (χ1) is 14.1. The molecule has 3 heterocycles. The molecule has 3 aliphatic rings. The monoisotopic (exact) mass is 399 g/mol. The third kappa shape index (κ3) is 2.04. The highest BCUT2D eigenvalue weighted by Crippen LogP contribution is 2.53. The summed E-state index contributed by atoms with van der Waals surface area (Å²) in [7, 11) is 1.84. The van der Waals surface area contributed by atoms with Crippen LogP contribution in [0.5, 0.6) is 0 Å². The van der Waals surface area contributed by atoms with Crippen LogP contribution in [-0.2, 0) is 16.8 Å². The number of halogens is 1. The van der Waals surface area contributed by atoms with Gasteiger partial charge in [-0.1, -0.05) is 48.0 Å². The number of aliphatic imine (C=N–C) groups is 1. The van der Waals surface area contributed by atoms with E-state index in [2.05, 4.69) is 23.1 Å². The minimum absolute atomic E-state index is 0.00915. The number of para-hydroxylation sites is 2. The highest BCUT2D eigenvalue weighted by molar-refractivity contribution is 6.30. The number of amides is 1.